The predicted molar refractivity (Wildman–Crippen MR) is 78.4 cm³/mol. The van der Waals surface area contributed by atoms with Gasteiger partial charge in [-0.2, -0.15) is 11.3 Å². The van der Waals surface area contributed by atoms with Gasteiger partial charge in [0.25, 0.3) is 0 Å². The smallest absolute Gasteiger partial charge is 0.227 e. The van der Waals surface area contributed by atoms with Crippen molar-refractivity contribution < 1.29 is 4.79 Å². The number of carbonyl (C=O) groups excluding carboxylic acids is 1. The molecule has 3 nitrogen and oxygen atoms in total. The summed E-state index contributed by atoms with van der Waals surface area (Å²) in [6.07, 6.45) is 5.56. The maximum Gasteiger partial charge on any atom is 0.227 e. The zero-order valence-corrected chi connectivity index (χ0v) is 12.2. The molecule has 0 saturated carbocycles. The molecule has 2 fully saturated rings. The van der Waals surface area contributed by atoms with Crippen LogP contribution in [0.3, 0.4) is 0 Å². The van der Waals surface area contributed by atoms with Gasteiger partial charge in [0.2, 0.25) is 5.91 Å². The van der Waals surface area contributed by atoms with Gasteiger partial charge < -0.3 is 10.2 Å². The minimum absolute atomic E-state index is 0.308. The Morgan fingerprint density at radius 2 is 2.00 bits per heavy atom. The SMILES string of the molecule is O=C(Cc1ccsc1)N1CCC2(CCNCC2)CC1. The first-order chi connectivity index (χ1) is 9.27. The molecular formula is C15H22N2OS. The molecule has 2 aliphatic heterocycles. The Balaban J connectivity index is 1.53. The molecule has 3 rings (SSSR count). The highest BCUT2D eigenvalue weighted by Gasteiger charge is 2.36. The summed E-state index contributed by atoms with van der Waals surface area (Å²) in [4.78, 5) is 14.3. The quantitative estimate of drug-likeness (QED) is 0.900. The van der Waals surface area contributed by atoms with Crippen molar-refractivity contribution in [3.63, 3.8) is 0 Å². The molecule has 4 heteroatoms. The predicted octanol–water partition coefficient (Wildman–Crippen LogP) is 2.28. The lowest BCUT2D eigenvalue weighted by Gasteiger charge is -2.44. The van der Waals surface area contributed by atoms with Gasteiger partial charge in [0.1, 0.15) is 0 Å². The second-order valence-corrected chi connectivity index (χ2v) is 6.72. The summed E-state index contributed by atoms with van der Waals surface area (Å²) in [6, 6.07) is 2.06. The van der Waals surface area contributed by atoms with Gasteiger partial charge in [-0.3, -0.25) is 4.79 Å². The molecule has 1 aromatic rings. The Bertz CT molecular complexity index is 413. The second-order valence-electron chi connectivity index (χ2n) is 5.94. The summed E-state index contributed by atoms with van der Waals surface area (Å²) in [6.45, 7) is 4.23. The average molecular weight is 278 g/mol. The molecule has 0 radical (unpaired) electrons. The fraction of sp³-hybridized carbons (Fsp3) is 0.667. The third-order valence-corrected chi connectivity index (χ3v) is 5.51. The van der Waals surface area contributed by atoms with Crippen LogP contribution in [0.15, 0.2) is 16.8 Å². The summed E-state index contributed by atoms with van der Waals surface area (Å²) in [5, 5.41) is 7.56. The minimum Gasteiger partial charge on any atom is -0.342 e. The maximum atomic E-state index is 12.3. The van der Waals surface area contributed by atoms with Crippen LogP contribution < -0.4 is 5.32 Å². The number of carbonyl (C=O) groups is 1. The average Bonchev–Trinajstić information content (AvgIpc) is 2.93. The van der Waals surface area contributed by atoms with E-state index >= 15 is 0 Å². The molecule has 0 bridgehead atoms. The van der Waals surface area contributed by atoms with E-state index in [1.165, 1.54) is 25.7 Å². The normalized spacial score (nSPS) is 22.6. The third-order valence-electron chi connectivity index (χ3n) is 4.78. The Morgan fingerprint density at radius 1 is 1.26 bits per heavy atom. The van der Waals surface area contributed by atoms with E-state index in [0.29, 0.717) is 17.7 Å². The van der Waals surface area contributed by atoms with Crippen LogP contribution in [0.4, 0.5) is 0 Å². The van der Waals surface area contributed by atoms with Crippen LogP contribution in [-0.4, -0.2) is 37.0 Å². The van der Waals surface area contributed by atoms with Gasteiger partial charge >= 0.3 is 0 Å². The van der Waals surface area contributed by atoms with E-state index in [0.717, 1.165) is 31.7 Å². The van der Waals surface area contributed by atoms with Crippen LogP contribution in [0.5, 0.6) is 0 Å². The third kappa shape index (κ3) is 3.00. The summed E-state index contributed by atoms with van der Waals surface area (Å²) < 4.78 is 0. The molecule has 0 aliphatic carbocycles. The summed E-state index contributed by atoms with van der Waals surface area (Å²) >= 11 is 1.67. The lowest BCUT2D eigenvalue weighted by atomic mass is 9.71. The number of likely N-dealkylation sites (tertiary alicyclic amines) is 1. The molecule has 0 unspecified atom stereocenters. The van der Waals surface area contributed by atoms with Gasteiger partial charge in [-0.15, -0.1) is 0 Å². The highest BCUT2D eigenvalue weighted by Crippen LogP contribution is 2.39. The molecule has 1 aromatic heterocycles. The Morgan fingerprint density at radius 3 is 2.63 bits per heavy atom. The largest absolute Gasteiger partial charge is 0.342 e. The minimum atomic E-state index is 0.308. The van der Waals surface area contributed by atoms with Gasteiger partial charge in [0.15, 0.2) is 0 Å². The van der Waals surface area contributed by atoms with Crippen LogP contribution in [-0.2, 0) is 11.2 Å². The number of rotatable bonds is 2. The van der Waals surface area contributed by atoms with Crippen molar-refractivity contribution in [2.24, 2.45) is 5.41 Å². The lowest BCUT2D eigenvalue weighted by Crippen LogP contribution is -2.47. The lowest BCUT2D eigenvalue weighted by molar-refractivity contribution is -0.133. The number of amides is 1. The molecule has 1 N–H and O–H groups in total. The monoisotopic (exact) mass is 278 g/mol. The standard InChI is InChI=1S/C15H22N2OS/c18-14(11-13-1-10-19-12-13)17-8-4-15(5-9-17)2-6-16-7-3-15/h1,10,12,16H,2-9,11H2. The van der Waals surface area contributed by atoms with Crippen molar-refractivity contribution in [1.82, 2.24) is 10.2 Å². The van der Waals surface area contributed by atoms with E-state index in [2.05, 4.69) is 21.7 Å². The zero-order chi connectivity index (χ0) is 13.1. The molecule has 3 heterocycles. The molecule has 0 atom stereocenters. The summed E-state index contributed by atoms with van der Waals surface area (Å²) in [5.74, 6) is 0.308. The van der Waals surface area contributed by atoms with Crippen molar-refractivity contribution in [1.29, 1.82) is 0 Å². The van der Waals surface area contributed by atoms with Gasteiger partial charge in [-0.25, -0.2) is 0 Å². The van der Waals surface area contributed by atoms with Crippen LogP contribution in [0, 0.1) is 5.41 Å². The molecule has 1 spiro atoms. The van der Waals surface area contributed by atoms with E-state index < -0.39 is 0 Å². The molecule has 2 aliphatic rings. The van der Waals surface area contributed by atoms with E-state index in [-0.39, 0.29) is 0 Å². The highest BCUT2D eigenvalue weighted by atomic mass is 32.1. The topological polar surface area (TPSA) is 32.3 Å². The fourth-order valence-electron chi connectivity index (χ4n) is 3.37. The molecule has 2 saturated heterocycles. The number of nitrogens with zero attached hydrogens (tertiary/aromatic N) is 1. The van der Waals surface area contributed by atoms with E-state index in [4.69, 9.17) is 0 Å². The first kappa shape index (κ1) is 13.1. The number of piperidine rings is 2. The first-order valence-electron chi connectivity index (χ1n) is 7.27. The van der Waals surface area contributed by atoms with Crippen molar-refractivity contribution >= 4 is 17.2 Å². The number of thiophene rings is 1. The van der Waals surface area contributed by atoms with Crippen LogP contribution >= 0.6 is 11.3 Å². The highest BCUT2D eigenvalue weighted by molar-refractivity contribution is 7.07. The van der Waals surface area contributed by atoms with Crippen LogP contribution in [0.1, 0.15) is 31.2 Å². The molecule has 0 aromatic carbocycles. The number of nitrogens with one attached hydrogen (secondary N) is 1. The second kappa shape index (κ2) is 5.63. The maximum absolute atomic E-state index is 12.3. The first-order valence-corrected chi connectivity index (χ1v) is 8.21. The summed E-state index contributed by atoms with van der Waals surface area (Å²) in [5.41, 5.74) is 1.70. The zero-order valence-electron chi connectivity index (χ0n) is 11.4. The Labute approximate surface area is 119 Å². The summed E-state index contributed by atoms with van der Waals surface area (Å²) in [7, 11) is 0. The van der Waals surface area contributed by atoms with Crippen molar-refractivity contribution in [2.75, 3.05) is 26.2 Å². The Hall–Kier alpha value is -0.870. The Kier molecular flexibility index (Phi) is 3.89. The van der Waals surface area contributed by atoms with Crippen molar-refractivity contribution in [3.8, 4) is 0 Å². The fourth-order valence-corrected chi connectivity index (χ4v) is 4.04. The number of hydrogen-bond acceptors (Lipinski definition) is 3. The van der Waals surface area contributed by atoms with Crippen molar-refractivity contribution in [3.05, 3.63) is 22.4 Å². The van der Waals surface area contributed by atoms with Gasteiger partial charge in [-0.1, -0.05) is 0 Å². The van der Waals surface area contributed by atoms with Gasteiger partial charge in [-0.05, 0) is 66.6 Å². The van der Waals surface area contributed by atoms with Gasteiger partial charge in [0, 0.05) is 13.1 Å². The molecule has 19 heavy (non-hydrogen) atoms. The van der Waals surface area contributed by atoms with E-state index in [9.17, 15) is 4.79 Å². The van der Waals surface area contributed by atoms with Crippen LogP contribution in [0.2, 0.25) is 0 Å². The number of hydrogen-bond donors (Lipinski definition) is 1. The molecule has 1 amide bonds. The molecule has 104 valence electrons. The van der Waals surface area contributed by atoms with E-state index in [1.807, 2.05) is 5.38 Å². The van der Waals surface area contributed by atoms with Crippen molar-refractivity contribution in [2.45, 2.75) is 32.1 Å². The van der Waals surface area contributed by atoms with Crippen LogP contribution in [0.25, 0.3) is 0 Å². The molecular weight excluding hydrogens is 256 g/mol. The van der Waals surface area contributed by atoms with Gasteiger partial charge in [0.05, 0.1) is 6.42 Å². The van der Waals surface area contributed by atoms with E-state index in [1.54, 1.807) is 11.3 Å².